The van der Waals surface area contributed by atoms with E-state index in [1.807, 2.05) is 19.3 Å². The summed E-state index contributed by atoms with van der Waals surface area (Å²) < 4.78 is 28.7. The van der Waals surface area contributed by atoms with Crippen molar-refractivity contribution in [3.05, 3.63) is 24.4 Å². The third kappa shape index (κ3) is 4.19. The Balaban J connectivity index is 1.49. The third-order valence-electron chi connectivity index (χ3n) is 6.37. The number of nitrogens with one attached hydrogen (secondary N) is 2. The number of hydrogen-bond acceptors (Lipinski definition) is 7. The second-order valence-electron chi connectivity index (χ2n) is 9.34. The molecule has 174 valence electrons. The van der Waals surface area contributed by atoms with Crippen molar-refractivity contribution < 1.29 is 8.78 Å². The minimum Gasteiger partial charge on any atom is -0.371 e. The maximum atomic E-state index is 12.9. The van der Waals surface area contributed by atoms with Crippen LogP contribution in [0.1, 0.15) is 39.5 Å². The van der Waals surface area contributed by atoms with Crippen LogP contribution in [-0.2, 0) is 6.54 Å². The largest absolute Gasteiger partial charge is 0.371 e. The van der Waals surface area contributed by atoms with Gasteiger partial charge in [-0.15, -0.1) is 10.2 Å². The van der Waals surface area contributed by atoms with Gasteiger partial charge in [-0.3, -0.25) is 0 Å². The lowest BCUT2D eigenvalue weighted by Crippen LogP contribution is -2.30. The summed E-state index contributed by atoms with van der Waals surface area (Å²) in [5.74, 6) is 1.23. The lowest BCUT2D eigenvalue weighted by molar-refractivity contribution is 0.122. The molecule has 9 nitrogen and oxygen atoms in total. The molecule has 0 aliphatic heterocycles. The first-order valence-corrected chi connectivity index (χ1v) is 11.2. The first-order valence-electron chi connectivity index (χ1n) is 11.2. The van der Waals surface area contributed by atoms with Crippen LogP contribution in [0.3, 0.4) is 0 Å². The van der Waals surface area contributed by atoms with E-state index in [4.69, 9.17) is 4.98 Å². The van der Waals surface area contributed by atoms with E-state index in [1.54, 1.807) is 16.6 Å². The maximum absolute atomic E-state index is 12.9. The number of anilines is 2. The van der Waals surface area contributed by atoms with E-state index >= 15 is 0 Å². The number of halogens is 2. The smallest absolute Gasteiger partial charge is 0.258 e. The van der Waals surface area contributed by atoms with Crippen molar-refractivity contribution in [3.63, 3.8) is 0 Å². The van der Waals surface area contributed by atoms with Crippen LogP contribution in [-0.4, -0.2) is 54.1 Å². The fourth-order valence-corrected chi connectivity index (χ4v) is 4.45. The molecule has 0 spiro atoms. The standard InChI is InChI=1S/C22H27F2N9/c1-22(2)9-6-13(7-10-22)26-21-28-19(25-3)18-14(8-11-32(18)30-21)15-4-5-16-20(27-15)33(31-29-16)12-17(23)24/h4-5,8,11,13,17H,6-7,9-10,12H2,1-3H3,(H2,25,26,28,30). The predicted octanol–water partition coefficient (Wildman–Crippen LogP) is 4.22. The first kappa shape index (κ1) is 21.5. The molecule has 4 heterocycles. The van der Waals surface area contributed by atoms with Gasteiger partial charge in [-0.1, -0.05) is 19.1 Å². The molecule has 4 aromatic heterocycles. The van der Waals surface area contributed by atoms with Gasteiger partial charge in [-0.05, 0) is 49.3 Å². The topological polar surface area (TPSA) is 97.9 Å². The first-order chi connectivity index (χ1) is 15.8. The predicted molar refractivity (Wildman–Crippen MR) is 123 cm³/mol. The van der Waals surface area contributed by atoms with E-state index in [0.717, 1.165) is 28.6 Å². The highest BCUT2D eigenvalue weighted by Gasteiger charge is 2.27. The molecular formula is C22H27F2N9. The molecule has 0 atom stereocenters. The molecule has 0 saturated heterocycles. The van der Waals surface area contributed by atoms with E-state index in [2.05, 4.69) is 44.9 Å². The molecule has 1 aliphatic rings. The van der Waals surface area contributed by atoms with Crippen LogP contribution in [0.25, 0.3) is 27.9 Å². The van der Waals surface area contributed by atoms with Gasteiger partial charge in [0.05, 0.1) is 5.69 Å². The van der Waals surface area contributed by atoms with E-state index in [0.29, 0.717) is 40.1 Å². The van der Waals surface area contributed by atoms with E-state index in [-0.39, 0.29) is 0 Å². The minimum atomic E-state index is -2.54. The number of hydrogen-bond donors (Lipinski definition) is 2. The highest BCUT2D eigenvalue weighted by atomic mass is 19.3. The van der Waals surface area contributed by atoms with Gasteiger partial charge in [-0.25, -0.2) is 23.0 Å². The van der Waals surface area contributed by atoms with E-state index in [1.165, 1.54) is 12.8 Å². The zero-order valence-electron chi connectivity index (χ0n) is 18.9. The van der Waals surface area contributed by atoms with Gasteiger partial charge in [0.25, 0.3) is 6.43 Å². The number of rotatable bonds is 6. The molecule has 0 aromatic carbocycles. The summed E-state index contributed by atoms with van der Waals surface area (Å²) in [5.41, 5.74) is 3.33. The Bertz CT molecular complexity index is 1280. The summed E-state index contributed by atoms with van der Waals surface area (Å²) >= 11 is 0. The van der Waals surface area contributed by atoms with Crippen LogP contribution in [0.5, 0.6) is 0 Å². The number of aromatic nitrogens is 7. The highest BCUT2D eigenvalue weighted by molar-refractivity contribution is 5.89. The third-order valence-corrected chi connectivity index (χ3v) is 6.37. The van der Waals surface area contributed by atoms with Gasteiger partial charge in [0.15, 0.2) is 11.5 Å². The molecule has 0 radical (unpaired) electrons. The highest BCUT2D eigenvalue weighted by Crippen LogP contribution is 2.36. The van der Waals surface area contributed by atoms with Gasteiger partial charge in [0.2, 0.25) is 5.95 Å². The van der Waals surface area contributed by atoms with E-state index < -0.39 is 13.0 Å². The molecule has 0 bridgehead atoms. The Kier molecular flexibility index (Phi) is 5.34. The molecule has 11 heteroatoms. The summed E-state index contributed by atoms with van der Waals surface area (Å²) in [6.07, 6.45) is 3.83. The number of alkyl halides is 2. The Morgan fingerprint density at radius 1 is 1.15 bits per heavy atom. The van der Waals surface area contributed by atoms with Crippen LogP contribution in [0.2, 0.25) is 0 Å². The monoisotopic (exact) mass is 455 g/mol. The lowest BCUT2D eigenvalue weighted by atomic mass is 9.76. The Hall–Kier alpha value is -3.37. The molecule has 0 amide bonds. The Morgan fingerprint density at radius 2 is 1.94 bits per heavy atom. The molecular weight excluding hydrogens is 428 g/mol. The summed E-state index contributed by atoms with van der Waals surface area (Å²) in [5, 5.41) is 19.1. The van der Waals surface area contributed by atoms with Gasteiger partial charge in [-0.2, -0.15) is 4.98 Å². The average Bonchev–Trinajstić information content (AvgIpc) is 3.38. The van der Waals surface area contributed by atoms with E-state index in [9.17, 15) is 8.78 Å². The molecule has 1 saturated carbocycles. The average molecular weight is 456 g/mol. The Morgan fingerprint density at radius 3 is 2.67 bits per heavy atom. The second kappa shape index (κ2) is 8.20. The zero-order valence-corrected chi connectivity index (χ0v) is 18.9. The van der Waals surface area contributed by atoms with Gasteiger partial charge in [0.1, 0.15) is 17.6 Å². The van der Waals surface area contributed by atoms with Crippen molar-refractivity contribution in [1.29, 1.82) is 0 Å². The van der Waals surface area contributed by atoms with Gasteiger partial charge < -0.3 is 10.6 Å². The summed E-state index contributed by atoms with van der Waals surface area (Å²) in [6, 6.07) is 5.78. The molecule has 4 aromatic rings. The van der Waals surface area contributed by atoms with Crippen LogP contribution >= 0.6 is 0 Å². The molecule has 5 rings (SSSR count). The van der Waals surface area contributed by atoms with Crippen molar-refractivity contribution in [2.24, 2.45) is 5.41 Å². The summed E-state index contributed by atoms with van der Waals surface area (Å²) in [6.45, 7) is 4.07. The maximum Gasteiger partial charge on any atom is 0.258 e. The molecule has 2 N–H and O–H groups in total. The lowest BCUT2D eigenvalue weighted by Gasteiger charge is -2.34. The quantitative estimate of drug-likeness (QED) is 0.449. The number of nitrogens with zero attached hydrogens (tertiary/aromatic N) is 7. The molecule has 33 heavy (non-hydrogen) atoms. The van der Waals surface area contributed by atoms with Crippen molar-refractivity contribution in [3.8, 4) is 11.3 Å². The normalized spacial score (nSPS) is 16.7. The van der Waals surface area contributed by atoms with Crippen molar-refractivity contribution in [1.82, 2.24) is 34.6 Å². The fourth-order valence-electron chi connectivity index (χ4n) is 4.45. The molecule has 1 fully saturated rings. The summed E-state index contributed by atoms with van der Waals surface area (Å²) in [7, 11) is 1.81. The zero-order chi connectivity index (χ0) is 23.2. The van der Waals surface area contributed by atoms with Crippen molar-refractivity contribution >= 4 is 28.4 Å². The SMILES string of the molecule is CNc1nc(NC2CCC(C)(C)CC2)nn2ccc(-c3ccc4nnn(CC(F)F)c4n3)c12. The minimum absolute atomic E-state index is 0.317. The Labute approximate surface area is 189 Å². The number of fused-ring (bicyclic) bond motifs is 2. The van der Waals surface area contributed by atoms with Crippen molar-refractivity contribution in [2.45, 2.75) is 58.5 Å². The molecule has 0 unspecified atom stereocenters. The van der Waals surface area contributed by atoms with Crippen LogP contribution in [0, 0.1) is 5.41 Å². The number of pyridine rings is 1. The summed E-state index contributed by atoms with van der Waals surface area (Å²) in [4.78, 5) is 9.28. The fraction of sp³-hybridized carbons (Fsp3) is 0.500. The van der Waals surface area contributed by atoms with Crippen LogP contribution in [0.15, 0.2) is 24.4 Å². The van der Waals surface area contributed by atoms with Crippen molar-refractivity contribution in [2.75, 3.05) is 17.7 Å². The van der Waals surface area contributed by atoms with Crippen LogP contribution < -0.4 is 10.6 Å². The second-order valence-corrected chi connectivity index (χ2v) is 9.34. The van der Waals surface area contributed by atoms with Gasteiger partial charge >= 0.3 is 0 Å². The van der Waals surface area contributed by atoms with Gasteiger partial charge in [0, 0.05) is 24.8 Å². The van der Waals surface area contributed by atoms with Crippen LogP contribution in [0.4, 0.5) is 20.5 Å². The molecule has 1 aliphatic carbocycles.